The Kier molecular flexibility index (Phi) is 5.06. The Hall–Kier alpha value is -4.21. The summed E-state index contributed by atoms with van der Waals surface area (Å²) in [6, 6.07) is 26.7. The number of nitrogens with zero attached hydrogens (tertiary/aromatic N) is 2. The first kappa shape index (κ1) is 22.3. The second kappa shape index (κ2) is 8.18. The van der Waals surface area contributed by atoms with Gasteiger partial charge in [0.05, 0.1) is 40.8 Å². The number of fused-ring (bicyclic) bond motifs is 5. The molecule has 7 heteroatoms. The molecular formula is C29H21ClN2O4. The molecule has 3 heterocycles. The first-order valence-corrected chi connectivity index (χ1v) is 11.9. The number of carbonyl (C=O) groups excluding carboxylic acids is 1. The molecule has 0 aliphatic carbocycles. The predicted molar refractivity (Wildman–Crippen MR) is 135 cm³/mol. The Morgan fingerprint density at radius 2 is 1.75 bits per heavy atom. The van der Waals surface area contributed by atoms with E-state index in [-0.39, 0.29) is 0 Å². The molecule has 3 aromatic carbocycles. The number of aromatic nitrogens is 1. The lowest BCUT2D eigenvalue weighted by molar-refractivity contribution is -0.171. The molecule has 36 heavy (non-hydrogen) atoms. The van der Waals surface area contributed by atoms with Crippen molar-refractivity contribution in [2.75, 3.05) is 7.11 Å². The Labute approximate surface area is 212 Å². The molecule has 0 N–H and O–H groups in total. The van der Waals surface area contributed by atoms with E-state index in [0.29, 0.717) is 38.7 Å². The summed E-state index contributed by atoms with van der Waals surface area (Å²) in [4.78, 5) is 13.9. The van der Waals surface area contributed by atoms with E-state index in [1.165, 1.54) is 7.11 Å². The number of benzene rings is 3. The van der Waals surface area contributed by atoms with Gasteiger partial charge in [0.1, 0.15) is 11.9 Å². The van der Waals surface area contributed by atoms with Gasteiger partial charge < -0.3 is 18.8 Å². The summed E-state index contributed by atoms with van der Waals surface area (Å²) in [6.07, 6.45) is -0.699. The summed E-state index contributed by atoms with van der Waals surface area (Å²) in [7, 11) is 3.18. The van der Waals surface area contributed by atoms with Gasteiger partial charge in [0.2, 0.25) is 11.5 Å². The van der Waals surface area contributed by atoms with Crippen molar-refractivity contribution in [1.29, 1.82) is 5.26 Å². The number of aryl methyl sites for hydroxylation is 1. The molecule has 0 radical (unpaired) electrons. The van der Waals surface area contributed by atoms with Crippen LogP contribution in [0.3, 0.4) is 0 Å². The van der Waals surface area contributed by atoms with Crippen molar-refractivity contribution in [2.24, 2.45) is 13.0 Å². The Morgan fingerprint density at radius 1 is 1.06 bits per heavy atom. The number of esters is 1. The van der Waals surface area contributed by atoms with Gasteiger partial charge in [0.25, 0.3) is 0 Å². The highest BCUT2D eigenvalue weighted by atomic mass is 35.5. The largest absolute Gasteiger partial charge is 0.469 e. The molecule has 0 spiro atoms. The molecule has 2 aliphatic rings. The van der Waals surface area contributed by atoms with Crippen molar-refractivity contribution in [3.63, 3.8) is 0 Å². The van der Waals surface area contributed by atoms with Crippen LogP contribution in [0.25, 0.3) is 16.7 Å². The number of hydrogen-bond donors (Lipinski definition) is 0. The normalized spacial score (nSPS) is 22.3. The molecule has 0 unspecified atom stereocenters. The van der Waals surface area contributed by atoms with Crippen LogP contribution in [-0.2, 0) is 26.9 Å². The highest BCUT2D eigenvalue weighted by Gasteiger charge is 2.66. The maximum atomic E-state index is 13.9. The fraction of sp³-hybridized carbons (Fsp3) is 0.172. The number of methoxy groups -OCH3 is 1. The summed E-state index contributed by atoms with van der Waals surface area (Å²) in [5.74, 6) is -0.666. The zero-order valence-electron chi connectivity index (χ0n) is 19.6. The van der Waals surface area contributed by atoms with Crippen molar-refractivity contribution in [3.8, 4) is 11.9 Å². The number of carbonyl (C=O) groups is 1. The van der Waals surface area contributed by atoms with Crippen molar-refractivity contribution >= 4 is 34.2 Å². The zero-order valence-corrected chi connectivity index (χ0v) is 20.3. The van der Waals surface area contributed by atoms with Crippen molar-refractivity contribution in [1.82, 2.24) is 4.57 Å². The minimum atomic E-state index is -1.69. The molecule has 0 fully saturated rings. The Bertz CT molecular complexity index is 1590. The monoisotopic (exact) mass is 496 g/mol. The van der Waals surface area contributed by atoms with Crippen LogP contribution in [0.4, 0.5) is 0 Å². The summed E-state index contributed by atoms with van der Waals surface area (Å²) in [6.45, 7) is 0. The second-order valence-electron chi connectivity index (χ2n) is 8.85. The third-order valence-corrected chi connectivity index (χ3v) is 7.38. The minimum absolute atomic E-state index is 0.315. The summed E-state index contributed by atoms with van der Waals surface area (Å²) >= 11 is 6.73. The van der Waals surface area contributed by atoms with Crippen molar-refractivity contribution in [2.45, 2.75) is 11.7 Å². The average Bonchev–Trinajstić information content (AvgIpc) is 3.43. The summed E-state index contributed by atoms with van der Waals surface area (Å²) < 4.78 is 20.6. The molecule has 178 valence electrons. The van der Waals surface area contributed by atoms with Gasteiger partial charge in [0, 0.05) is 18.0 Å². The zero-order chi connectivity index (χ0) is 25.0. The van der Waals surface area contributed by atoms with Crippen LogP contribution in [-0.4, -0.2) is 17.6 Å². The van der Waals surface area contributed by atoms with E-state index in [2.05, 4.69) is 6.07 Å². The van der Waals surface area contributed by atoms with Gasteiger partial charge in [-0.05, 0) is 17.7 Å². The van der Waals surface area contributed by atoms with Crippen LogP contribution >= 0.6 is 11.6 Å². The Balaban J connectivity index is 1.75. The molecule has 6 rings (SSSR count). The van der Waals surface area contributed by atoms with Crippen LogP contribution in [0.1, 0.15) is 22.8 Å². The maximum absolute atomic E-state index is 13.9. The molecule has 0 bridgehead atoms. The lowest BCUT2D eigenvalue weighted by Gasteiger charge is -2.41. The second-order valence-corrected chi connectivity index (χ2v) is 9.26. The van der Waals surface area contributed by atoms with E-state index >= 15 is 0 Å². The van der Waals surface area contributed by atoms with E-state index in [9.17, 15) is 10.1 Å². The molecule has 0 saturated heterocycles. The van der Waals surface area contributed by atoms with Crippen LogP contribution < -0.4 is 4.74 Å². The third-order valence-electron chi connectivity index (χ3n) is 7.06. The lowest BCUT2D eigenvalue weighted by Crippen LogP contribution is -2.49. The van der Waals surface area contributed by atoms with Crippen LogP contribution in [0.2, 0.25) is 5.02 Å². The van der Waals surface area contributed by atoms with Crippen molar-refractivity contribution in [3.05, 3.63) is 106 Å². The van der Waals surface area contributed by atoms with E-state index in [1.807, 2.05) is 84.4 Å². The summed E-state index contributed by atoms with van der Waals surface area (Å²) in [5.41, 5.74) is 1.36. The topological polar surface area (TPSA) is 73.5 Å². The number of hydrogen-bond acceptors (Lipinski definition) is 5. The van der Waals surface area contributed by atoms with E-state index in [1.54, 1.807) is 6.07 Å². The average molecular weight is 497 g/mol. The molecule has 0 saturated carbocycles. The SMILES string of the molecule is COC(=O)[C@@]12OC(c3ccccc3)=C(C#N)[C@@H]1[C@@H](c1ccccc1)Oc1c2c2c(Cl)cccc2n1C. The first-order chi connectivity index (χ1) is 17.5. The Morgan fingerprint density at radius 3 is 2.42 bits per heavy atom. The highest BCUT2D eigenvalue weighted by Crippen LogP contribution is 2.62. The summed E-state index contributed by atoms with van der Waals surface area (Å²) in [5, 5.41) is 11.5. The van der Waals surface area contributed by atoms with Gasteiger partial charge in [0.15, 0.2) is 0 Å². The molecule has 1 aromatic heterocycles. The van der Waals surface area contributed by atoms with Gasteiger partial charge in [-0.25, -0.2) is 4.79 Å². The van der Waals surface area contributed by atoms with Gasteiger partial charge in [-0.2, -0.15) is 5.26 Å². The fourth-order valence-electron chi connectivity index (χ4n) is 5.54. The van der Waals surface area contributed by atoms with Crippen LogP contribution in [0, 0.1) is 17.2 Å². The number of nitriles is 1. The number of ether oxygens (including phenoxy) is 3. The molecule has 6 nitrogen and oxygen atoms in total. The predicted octanol–water partition coefficient (Wildman–Crippen LogP) is 5.91. The quantitative estimate of drug-likeness (QED) is 0.329. The molecule has 3 atom stereocenters. The standard InChI is InChI=1S/C29H21ClN2O4/c1-32-21-15-9-14-20(30)22(21)24-27(32)35-26(18-12-7-4-8-13-18)23-19(16-31)25(17-10-5-3-6-11-17)36-29(23,24)28(33)34-2/h3-15,23,26H,1-2H3/t23-,26-,29-/m1/s1. The fourth-order valence-corrected chi connectivity index (χ4v) is 5.80. The van der Waals surface area contributed by atoms with Gasteiger partial charge in [-0.1, -0.05) is 78.3 Å². The molecule has 2 aliphatic heterocycles. The molecule has 4 aromatic rings. The van der Waals surface area contributed by atoms with E-state index in [4.69, 9.17) is 25.8 Å². The first-order valence-electron chi connectivity index (χ1n) is 11.5. The number of halogens is 1. The van der Waals surface area contributed by atoms with E-state index in [0.717, 1.165) is 11.1 Å². The molecular weight excluding hydrogens is 476 g/mol. The van der Waals surface area contributed by atoms with Gasteiger partial charge in [-0.3, -0.25) is 0 Å². The van der Waals surface area contributed by atoms with Crippen molar-refractivity contribution < 1.29 is 19.0 Å². The van der Waals surface area contributed by atoms with Crippen LogP contribution in [0.15, 0.2) is 84.4 Å². The highest BCUT2D eigenvalue weighted by molar-refractivity contribution is 6.36. The smallest absolute Gasteiger partial charge is 0.356 e. The third kappa shape index (κ3) is 2.87. The lowest BCUT2D eigenvalue weighted by atomic mass is 9.72. The maximum Gasteiger partial charge on any atom is 0.356 e. The van der Waals surface area contributed by atoms with E-state index < -0.39 is 23.6 Å². The minimum Gasteiger partial charge on any atom is -0.469 e. The van der Waals surface area contributed by atoms with Crippen LogP contribution in [0.5, 0.6) is 5.88 Å². The number of rotatable bonds is 3. The van der Waals surface area contributed by atoms with Gasteiger partial charge in [-0.15, -0.1) is 0 Å². The molecule has 0 amide bonds. The van der Waals surface area contributed by atoms with Gasteiger partial charge >= 0.3 is 5.97 Å².